The van der Waals surface area contributed by atoms with Gasteiger partial charge in [-0.3, -0.25) is 4.79 Å². The summed E-state index contributed by atoms with van der Waals surface area (Å²) in [5.74, 6) is 0.353. The van der Waals surface area contributed by atoms with Crippen LogP contribution in [0.1, 0.15) is 21.5 Å². The van der Waals surface area contributed by atoms with Gasteiger partial charge in [0, 0.05) is 5.56 Å². The number of ether oxygens (including phenoxy) is 1. The molecule has 0 aromatic heterocycles. The number of ketones is 1. The summed E-state index contributed by atoms with van der Waals surface area (Å²) in [5.41, 5.74) is 4.01. The minimum atomic E-state index is -0.509. The average Bonchev–Trinajstić information content (AvgIpc) is 2.85. The number of benzene rings is 4. The van der Waals surface area contributed by atoms with Gasteiger partial charge in [0.25, 0.3) is 0 Å². The van der Waals surface area contributed by atoms with Crippen LogP contribution in [0.2, 0.25) is 0 Å². The van der Waals surface area contributed by atoms with Crippen LogP contribution in [0.25, 0.3) is 6.08 Å². The van der Waals surface area contributed by atoms with Gasteiger partial charge in [0.15, 0.2) is 5.78 Å². The molecule has 0 unspecified atom stereocenters. The van der Waals surface area contributed by atoms with E-state index in [2.05, 4.69) is 0 Å². The smallest absolute Gasteiger partial charge is 0.410 e. The summed E-state index contributed by atoms with van der Waals surface area (Å²) in [7, 11) is 0. The predicted octanol–water partition coefficient (Wildman–Crippen LogP) is 7.23. The summed E-state index contributed by atoms with van der Waals surface area (Å²) in [4.78, 5) is 26.9. The molecule has 0 saturated heterocycles. The second-order valence-corrected chi connectivity index (χ2v) is 7.51. The summed E-state index contributed by atoms with van der Waals surface area (Å²) in [6.45, 7) is 1.98. The Hall–Kier alpha value is -4.44. The molecule has 0 fully saturated rings. The number of anilines is 2. The SMILES string of the molecule is Cc1ccc(C(=O)C=Cc2ccc(OC(=O)N(c3ccccc3)c3ccccc3)cc2)cc1. The van der Waals surface area contributed by atoms with Crippen molar-refractivity contribution in [3.63, 3.8) is 0 Å². The van der Waals surface area contributed by atoms with Crippen LogP contribution in [0.5, 0.6) is 5.75 Å². The molecule has 1 amide bonds. The highest BCUT2D eigenvalue weighted by atomic mass is 16.6. The number of rotatable bonds is 6. The number of hydrogen-bond acceptors (Lipinski definition) is 3. The van der Waals surface area contributed by atoms with E-state index in [1.807, 2.05) is 91.9 Å². The second-order valence-electron chi connectivity index (χ2n) is 7.51. The van der Waals surface area contributed by atoms with Crippen LogP contribution in [0.3, 0.4) is 0 Å². The zero-order chi connectivity index (χ0) is 23.0. The maximum atomic E-state index is 13.0. The highest BCUT2D eigenvalue weighted by Gasteiger charge is 2.20. The van der Waals surface area contributed by atoms with Gasteiger partial charge in [-0.05, 0) is 55.0 Å². The molecule has 0 aliphatic heterocycles. The molecular formula is C29H23NO3. The third kappa shape index (κ3) is 5.63. The largest absolute Gasteiger partial charge is 0.424 e. The van der Waals surface area contributed by atoms with Crippen molar-refractivity contribution in [3.8, 4) is 5.75 Å². The maximum absolute atomic E-state index is 13.0. The fourth-order valence-corrected chi connectivity index (χ4v) is 3.29. The van der Waals surface area contributed by atoms with Gasteiger partial charge in [0.05, 0.1) is 11.4 Å². The molecule has 0 radical (unpaired) electrons. The van der Waals surface area contributed by atoms with Crippen molar-refractivity contribution < 1.29 is 14.3 Å². The monoisotopic (exact) mass is 433 g/mol. The highest BCUT2D eigenvalue weighted by Crippen LogP contribution is 2.26. The lowest BCUT2D eigenvalue weighted by molar-refractivity contribution is 0.104. The van der Waals surface area contributed by atoms with E-state index in [0.29, 0.717) is 22.7 Å². The molecule has 0 heterocycles. The lowest BCUT2D eigenvalue weighted by Gasteiger charge is -2.22. The van der Waals surface area contributed by atoms with Gasteiger partial charge in [-0.1, -0.05) is 84.4 Å². The molecule has 4 aromatic carbocycles. The summed E-state index contributed by atoms with van der Waals surface area (Å²) in [5, 5.41) is 0. The van der Waals surface area contributed by atoms with E-state index in [9.17, 15) is 9.59 Å². The predicted molar refractivity (Wildman–Crippen MR) is 132 cm³/mol. The molecule has 33 heavy (non-hydrogen) atoms. The molecule has 0 bridgehead atoms. The molecule has 0 N–H and O–H groups in total. The summed E-state index contributed by atoms with van der Waals surface area (Å²) >= 11 is 0. The first-order valence-corrected chi connectivity index (χ1v) is 10.6. The fraction of sp³-hybridized carbons (Fsp3) is 0.0345. The first-order valence-electron chi connectivity index (χ1n) is 10.6. The molecule has 4 heteroatoms. The zero-order valence-corrected chi connectivity index (χ0v) is 18.2. The van der Waals surface area contributed by atoms with Crippen LogP contribution >= 0.6 is 0 Å². The van der Waals surface area contributed by atoms with Crippen molar-refractivity contribution in [2.24, 2.45) is 0 Å². The van der Waals surface area contributed by atoms with E-state index in [1.54, 1.807) is 30.3 Å². The van der Waals surface area contributed by atoms with Crippen LogP contribution < -0.4 is 9.64 Å². The lowest BCUT2D eigenvalue weighted by atomic mass is 10.1. The summed E-state index contributed by atoms with van der Waals surface area (Å²) < 4.78 is 5.64. The Morgan fingerprint density at radius 2 is 1.24 bits per heavy atom. The van der Waals surface area contributed by atoms with Crippen molar-refractivity contribution >= 4 is 29.3 Å². The minimum absolute atomic E-state index is 0.0631. The van der Waals surface area contributed by atoms with Crippen molar-refractivity contribution in [2.45, 2.75) is 6.92 Å². The second kappa shape index (κ2) is 10.2. The van der Waals surface area contributed by atoms with Crippen LogP contribution in [0, 0.1) is 6.92 Å². The first kappa shape index (κ1) is 21.8. The molecule has 4 rings (SSSR count). The zero-order valence-electron chi connectivity index (χ0n) is 18.2. The number of hydrogen-bond donors (Lipinski definition) is 0. The summed E-state index contributed by atoms with van der Waals surface area (Å²) in [6.07, 6.45) is 2.77. The summed E-state index contributed by atoms with van der Waals surface area (Å²) in [6, 6.07) is 33.2. The molecule has 162 valence electrons. The molecule has 0 saturated carbocycles. The van der Waals surface area contributed by atoms with E-state index >= 15 is 0 Å². The average molecular weight is 434 g/mol. The molecule has 0 atom stereocenters. The Labute approximate surface area is 193 Å². The number of amides is 1. The number of aryl methyl sites for hydroxylation is 1. The topological polar surface area (TPSA) is 46.6 Å². The van der Waals surface area contributed by atoms with Crippen molar-refractivity contribution in [3.05, 3.63) is 132 Å². The van der Waals surface area contributed by atoms with Crippen LogP contribution in [-0.4, -0.2) is 11.9 Å². The Kier molecular flexibility index (Phi) is 6.76. The minimum Gasteiger partial charge on any atom is -0.410 e. The molecule has 0 spiro atoms. The Morgan fingerprint density at radius 3 is 1.79 bits per heavy atom. The highest BCUT2D eigenvalue weighted by molar-refractivity contribution is 6.06. The number of carbonyl (C=O) groups excluding carboxylic acids is 2. The first-order chi connectivity index (χ1) is 16.1. The van der Waals surface area contributed by atoms with E-state index in [0.717, 1.165) is 11.1 Å². The number of para-hydroxylation sites is 2. The Morgan fingerprint density at radius 1 is 0.697 bits per heavy atom. The van der Waals surface area contributed by atoms with Gasteiger partial charge in [-0.15, -0.1) is 0 Å². The van der Waals surface area contributed by atoms with Crippen molar-refractivity contribution in [2.75, 3.05) is 4.90 Å². The number of nitrogens with zero attached hydrogens (tertiary/aromatic N) is 1. The number of allylic oxidation sites excluding steroid dienone is 1. The van der Waals surface area contributed by atoms with Crippen LogP contribution in [0.4, 0.5) is 16.2 Å². The van der Waals surface area contributed by atoms with Gasteiger partial charge < -0.3 is 4.74 Å². The maximum Gasteiger partial charge on any atom is 0.424 e. The fourth-order valence-electron chi connectivity index (χ4n) is 3.29. The number of carbonyl (C=O) groups is 2. The van der Waals surface area contributed by atoms with Gasteiger partial charge in [0.1, 0.15) is 5.75 Å². The van der Waals surface area contributed by atoms with E-state index < -0.39 is 6.09 Å². The van der Waals surface area contributed by atoms with Crippen LogP contribution in [0.15, 0.2) is 115 Å². The molecular weight excluding hydrogens is 410 g/mol. The van der Waals surface area contributed by atoms with Gasteiger partial charge in [-0.25, -0.2) is 9.69 Å². The van der Waals surface area contributed by atoms with Crippen LogP contribution in [-0.2, 0) is 0 Å². The van der Waals surface area contributed by atoms with E-state index in [-0.39, 0.29) is 5.78 Å². The normalized spacial score (nSPS) is 10.7. The quantitative estimate of drug-likeness (QED) is 0.238. The van der Waals surface area contributed by atoms with E-state index in [1.165, 1.54) is 11.0 Å². The van der Waals surface area contributed by atoms with E-state index in [4.69, 9.17) is 4.74 Å². The van der Waals surface area contributed by atoms with Gasteiger partial charge in [-0.2, -0.15) is 0 Å². The Balaban J connectivity index is 1.46. The van der Waals surface area contributed by atoms with Crippen molar-refractivity contribution in [1.82, 2.24) is 0 Å². The Bertz CT molecular complexity index is 1210. The van der Waals surface area contributed by atoms with Gasteiger partial charge >= 0.3 is 6.09 Å². The standard InChI is InChI=1S/C29H23NO3/c1-22-12-17-24(18-13-22)28(31)21-16-23-14-19-27(20-15-23)33-29(32)30(25-8-4-2-5-9-25)26-10-6-3-7-11-26/h2-21H,1H3. The lowest BCUT2D eigenvalue weighted by Crippen LogP contribution is -2.29. The third-order valence-corrected chi connectivity index (χ3v) is 5.06. The third-order valence-electron chi connectivity index (χ3n) is 5.06. The van der Waals surface area contributed by atoms with Crippen molar-refractivity contribution in [1.29, 1.82) is 0 Å². The molecule has 0 aliphatic carbocycles. The molecule has 4 nitrogen and oxygen atoms in total. The van der Waals surface area contributed by atoms with Gasteiger partial charge in [0.2, 0.25) is 0 Å². The molecule has 0 aliphatic rings. The molecule has 4 aromatic rings.